The molecule has 0 amide bonds. The number of hydrogen-bond acceptors (Lipinski definition) is 3. The van der Waals surface area contributed by atoms with E-state index < -0.39 is 4.92 Å². The number of nitro benzene ring substituents is 1. The van der Waals surface area contributed by atoms with Crippen LogP contribution in [-0.4, -0.2) is 11.5 Å². The molecule has 4 nitrogen and oxygen atoms in total. The van der Waals surface area contributed by atoms with E-state index in [4.69, 9.17) is 16.3 Å². The number of rotatable bonds is 3. The molecule has 0 heterocycles. The van der Waals surface area contributed by atoms with Gasteiger partial charge in [-0.25, -0.2) is 0 Å². The first-order valence-corrected chi connectivity index (χ1v) is 5.00. The lowest BCUT2D eigenvalue weighted by atomic mass is 10.3. The molecule has 0 aliphatic heterocycles. The minimum atomic E-state index is -0.547. The Hall–Kier alpha value is -0.810. The average molecular weight is 281 g/mol. The second kappa shape index (κ2) is 4.61. The molecule has 0 atom stereocenters. The summed E-state index contributed by atoms with van der Waals surface area (Å²) in [6.45, 7) is 2.20. The minimum absolute atomic E-state index is 0.0197. The molecule has 0 unspecified atom stereocenters. The zero-order valence-corrected chi connectivity index (χ0v) is 9.63. The third-order valence-electron chi connectivity index (χ3n) is 1.51. The Labute approximate surface area is 94.1 Å². The van der Waals surface area contributed by atoms with Gasteiger partial charge in [-0.3, -0.25) is 10.1 Å². The molecule has 76 valence electrons. The number of nitrogens with zero attached hydrogens (tertiary/aromatic N) is 1. The highest BCUT2D eigenvalue weighted by Crippen LogP contribution is 2.39. The Morgan fingerprint density at radius 3 is 2.79 bits per heavy atom. The fraction of sp³-hybridized carbons (Fsp3) is 0.250. The molecule has 0 fully saturated rings. The maximum absolute atomic E-state index is 10.6. The summed E-state index contributed by atoms with van der Waals surface area (Å²) < 4.78 is 5.47. The van der Waals surface area contributed by atoms with Gasteiger partial charge in [0.1, 0.15) is 5.75 Å². The van der Waals surface area contributed by atoms with Crippen molar-refractivity contribution in [1.82, 2.24) is 0 Å². The molecule has 0 bridgehead atoms. The van der Waals surface area contributed by atoms with Crippen molar-refractivity contribution >= 4 is 33.2 Å². The topological polar surface area (TPSA) is 52.4 Å². The molecule has 0 N–H and O–H groups in total. The predicted octanol–water partition coefficient (Wildman–Crippen LogP) is 3.41. The second-order valence-electron chi connectivity index (χ2n) is 2.40. The van der Waals surface area contributed by atoms with Gasteiger partial charge in [-0.05, 0) is 35.0 Å². The van der Waals surface area contributed by atoms with Gasteiger partial charge in [0.15, 0.2) is 5.02 Å². The zero-order chi connectivity index (χ0) is 10.7. The number of hydrogen-bond donors (Lipinski definition) is 0. The lowest BCUT2D eigenvalue weighted by Crippen LogP contribution is -1.96. The van der Waals surface area contributed by atoms with Crippen molar-refractivity contribution in [2.45, 2.75) is 6.92 Å². The van der Waals surface area contributed by atoms with E-state index in [0.29, 0.717) is 16.8 Å². The van der Waals surface area contributed by atoms with Crippen LogP contribution in [0.25, 0.3) is 0 Å². The number of halogens is 2. The van der Waals surface area contributed by atoms with Crippen LogP contribution in [-0.2, 0) is 0 Å². The van der Waals surface area contributed by atoms with Crippen LogP contribution in [0, 0.1) is 10.1 Å². The smallest absolute Gasteiger partial charge is 0.305 e. The summed E-state index contributed by atoms with van der Waals surface area (Å²) in [6.07, 6.45) is 0. The van der Waals surface area contributed by atoms with Gasteiger partial charge in [-0.1, -0.05) is 11.6 Å². The third-order valence-corrected chi connectivity index (χ3v) is 2.52. The Kier molecular flexibility index (Phi) is 3.71. The molecule has 0 aliphatic carbocycles. The van der Waals surface area contributed by atoms with Crippen molar-refractivity contribution < 1.29 is 9.66 Å². The van der Waals surface area contributed by atoms with E-state index in [1.54, 1.807) is 13.0 Å². The van der Waals surface area contributed by atoms with Crippen molar-refractivity contribution in [2.24, 2.45) is 0 Å². The first-order valence-electron chi connectivity index (χ1n) is 3.83. The fourth-order valence-corrected chi connectivity index (χ4v) is 1.83. The Balaban J connectivity index is 3.26. The molecule has 1 aromatic carbocycles. The Morgan fingerprint density at radius 1 is 1.64 bits per heavy atom. The summed E-state index contributed by atoms with van der Waals surface area (Å²) in [5.41, 5.74) is -0.169. The molecule has 1 aromatic rings. The molecule has 0 aliphatic rings. The lowest BCUT2D eigenvalue weighted by molar-refractivity contribution is -0.385. The molecule has 0 radical (unpaired) electrons. The maximum atomic E-state index is 10.6. The van der Waals surface area contributed by atoms with Crippen LogP contribution in [0.5, 0.6) is 5.75 Å². The summed E-state index contributed by atoms with van der Waals surface area (Å²) in [5, 5.41) is 10.7. The summed E-state index contributed by atoms with van der Waals surface area (Å²) in [4.78, 5) is 10.1. The van der Waals surface area contributed by atoms with E-state index in [9.17, 15) is 10.1 Å². The maximum Gasteiger partial charge on any atom is 0.305 e. The van der Waals surface area contributed by atoms with Crippen LogP contribution in [0.2, 0.25) is 5.02 Å². The molecule has 0 aromatic heterocycles. The number of ether oxygens (including phenoxy) is 1. The van der Waals surface area contributed by atoms with E-state index in [1.807, 2.05) is 0 Å². The molecular weight excluding hydrogens is 273 g/mol. The van der Waals surface area contributed by atoms with Crippen LogP contribution in [0.15, 0.2) is 16.6 Å². The monoisotopic (exact) mass is 279 g/mol. The summed E-state index contributed by atoms with van der Waals surface area (Å²) in [5.74, 6) is 0.323. The highest BCUT2D eigenvalue weighted by atomic mass is 79.9. The predicted molar refractivity (Wildman–Crippen MR) is 57.0 cm³/mol. The molecule has 0 saturated heterocycles. The first-order chi connectivity index (χ1) is 6.57. The van der Waals surface area contributed by atoms with Gasteiger partial charge in [0.05, 0.1) is 16.0 Å². The molecule has 14 heavy (non-hydrogen) atoms. The summed E-state index contributed by atoms with van der Waals surface area (Å²) >= 11 is 8.84. The van der Waals surface area contributed by atoms with Crippen LogP contribution in [0.3, 0.4) is 0 Å². The summed E-state index contributed by atoms with van der Waals surface area (Å²) in [7, 11) is 0. The van der Waals surface area contributed by atoms with E-state index >= 15 is 0 Å². The Morgan fingerprint density at radius 2 is 2.29 bits per heavy atom. The van der Waals surface area contributed by atoms with Crippen molar-refractivity contribution in [1.29, 1.82) is 0 Å². The number of nitro groups is 1. The van der Waals surface area contributed by atoms with Crippen LogP contribution >= 0.6 is 27.5 Å². The van der Waals surface area contributed by atoms with Crippen molar-refractivity contribution in [3.63, 3.8) is 0 Å². The van der Waals surface area contributed by atoms with E-state index in [2.05, 4.69) is 15.9 Å². The molecule has 0 saturated carbocycles. The molecular formula is C8H7BrClNO3. The highest BCUT2D eigenvalue weighted by Gasteiger charge is 2.21. The van der Waals surface area contributed by atoms with Crippen molar-refractivity contribution in [2.75, 3.05) is 6.61 Å². The van der Waals surface area contributed by atoms with Crippen LogP contribution in [0.4, 0.5) is 5.69 Å². The summed E-state index contributed by atoms with van der Waals surface area (Å²) in [6, 6.07) is 3.12. The van der Waals surface area contributed by atoms with E-state index in [0.717, 1.165) is 0 Å². The van der Waals surface area contributed by atoms with Gasteiger partial charge in [-0.15, -0.1) is 0 Å². The van der Waals surface area contributed by atoms with E-state index in [-0.39, 0.29) is 10.7 Å². The lowest BCUT2D eigenvalue weighted by Gasteiger charge is -2.06. The third kappa shape index (κ3) is 2.16. The Bertz CT molecular complexity index is 370. The van der Waals surface area contributed by atoms with Crippen molar-refractivity contribution in [3.8, 4) is 5.75 Å². The van der Waals surface area contributed by atoms with Gasteiger partial charge < -0.3 is 4.74 Å². The molecule has 0 spiro atoms. The molecule has 1 rings (SSSR count). The minimum Gasteiger partial charge on any atom is -0.492 e. The van der Waals surface area contributed by atoms with Gasteiger partial charge in [0.25, 0.3) is 0 Å². The van der Waals surface area contributed by atoms with Gasteiger partial charge >= 0.3 is 5.69 Å². The van der Waals surface area contributed by atoms with E-state index in [1.165, 1.54) is 6.07 Å². The first kappa shape index (κ1) is 11.3. The van der Waals surface area contributed by atoms with Crippen LogP contribution < -0.4 is 4.74 Å². The van der Waals surface area contributed by atoms with Gasteiger partial charge in [0.2, 0.25) is 0 Å². The average Bonchev–Trinajstić information content (AvgIpc) is 2.10. The standard InChI is InChI=1S/C8H7BrClNO3/c1-2-14-6-4-3-5(9)8(7(6)10)11(12)13/h3-4H,2H2,1H3. The van der Waals surface area contributed by atoms with Crippen molar-refractivity contribution in [3.05, 3.63) is 31.7 Å². The second-order valence-corrected chi connectivity index (χ2v) is 3.63. The fourth-order valence-electron chi connectivity index (χ4n) is 0.957. The SMILES string of the molecule is CCOc1ccc(Br)c([N+](=O)[O-])c1Cl. The number of benzene rings is 1. The quantitative estimate of drug-likeness (QED) is 0.630. The van der Waals surface area contributed by atoms with Crippen LogP contribution in [0.1, 0.15) is 6.92 Å². The normalized spacial score (nSPS) is 9.93. The molecule has 6 heteroatoms. The highest BCUT2D eigenvalue weighted by molar-refractivity contribution is 9.10. The van der Waals surface area contributed by atoms with Gasteiger partial charge in [-0.2, -0.15) is 0 Å². The zero-order valence-electron chi connectivity index (χ0n) is 7.29. The largest absolute Gasteiger partial charge is 0.492 e. The van der Waals surface area contributed by atoms with Gasteiger partial charge in [0, 0.05) is 0 Å².